The number of anilines is 1. The van der Waals surface area contributed by atoms with E-state index in [9.17, 15) is 13.2 Å². The maximum absolute atomic E-state index is 12.9. The molecule has 2 aliphatic heterocycles. The van der Waals surface area contributed by atoms with Crippen molar-refractivity contribution in [1.82, 2.24) is 9.80 Å². The van der Waals surface area contributed by atoms with E-state index in [4.69, 9.17) is 4.74 Å². The molecular weight excluding hydrogens is 378 g/mol. The van der Waals surface area contributed by atoms with Gasteiger partial charge in [-0.3, -0.25) is 9.69 Å². The normalized spacial score (nSPS) is 23.4. The van der Waals surface area contributed by atoms with Crippen molar-refractivity contribution in [1.29, 1.82) is 0 Å². The first-order valence-corrected chi connectivity index (χ1v) is 11.8. The van der Waals surface area contributed by atoms with Gasteiger partial charge in [-0.2, -0.15) is 0 Å². The van der Waals surface area contributed by atoms with Crippen LogP contribution in [0.3, 0.4) is 0 Å². The number of likely N-dealkylation sites (N-methyl/N-ethyl adjacent to an activating group) is 1. The van der Waals surface area contributed by atoms with Crippen molar-refractivity contribution >= 4 is 21.4 Å². The summed E-state index contributed by atoms with van der Waals surface area (Å²) < 4.78 is 28.9. The number of carbonyl (C=O) groups excluding carboxylic acids is 1. The Balaban J connectivity index is 1.53. The highest BCUT2D eigenvalue weighted by molar-refractivity contribution is 7.91. The second-order valence-corrected chi connectivity index (χ2v) is 9.86. The number of rotatable bonds is 6. The van der Waals surface area contributed by atoms with Crippen LogP contribution in [0.1, 0.15) is 20.3 Å². The van der Waals surface area contributed by atoms with E-state index in [-0.39, 0.29) is 29.5 Å². The number of piperazine rings is 1. The molecule has 0 saturated carbocycles. The molecule has 0 unspecified atom stereocenters. The molecule has 3 rings (SSSR count). The molecule has 1 aromatic carbocycles. The molecule has 1 amide bonds. The number of amides is 1. The summed E-state index contributed by atoms with van der Waals surface area (Å²) in [4.78, 5) is 19.0. The van der Waals surface area contributed by atoms with Crippen molar-refractivity contribution < 1.29 is 17.9 Å². The first kappa shape index (κ1) is 20.9. The zero-order valence-corrected chi connectivity index (χ0v) is 17.8. The van der Waals surface area contributed by atoms with Crippen LogP contribution in [-0.4, -0.2) is 87.5 Å². The lowest BCUT2D eigenvalue weighted by atomic mass is 10.1. The molecule has 0 aromatic heterocycles. The Hall–Kier alpha value is -1.80. The van der Waals surface area contributed by atoms with Gasteiger partial charge in [0.2, 0.25) is 5.91 Å². The third-order valence-electron chi connectivity index (χ3n) is 5.84. The highest BCUT2D eigenvalue weighted by Gasteiger charge is 2.35. The lowest BCUT2D eigenvalue weighted by Crippen LogP contribution is -2.55. The molecule has 2 atom stereocenters. The fraction of sp³-hybridized carbons (Fsp3) is 0.650. The largest absolute Gasteiger partial charge is 0.494 e. The molecule has 2 heterocycles. The molecular formula is C20H31N3O4S. The summed E-state index contributed by atoms with van der Waals surface area (Å²) in [6.45, 7) is 7.87. The summed E-state index contributed by atoms with van der Waals surface area (Å²) in [6.07, 6.45) is 0.544. The van der Waals surface area contributed by atoms with Gasteiger partial charge in [0.05, 0.1) is 24.2 Å². The van der Waals surface area contributed by atoms with E-state index >= 15 is 0 Å². The highest BCUT2D eigenvalue weighted by atomic mass is 32.2. The van der Waals surface area contributed by atoms with Crippen LogP contribution in [-0.2, 0) is 14.6 Å². The van der Waals surface area contributed by atoms with Crippen molar-refractivity contribution in [3.63, 3.8) is 0 Å². The SMILES string of the molecule is CCOc1ccc(N2CCN([C@@H](C)C(=O)N(C)[C@H]3CCS(=O)(=O)C3)CC2)cc1. The van der Waals surface area contributed by atoms with Crippen molar-refractivity contribution in [3.8, 4) is 5.75 Å². The minimum atomic E-state index is -2.99. The highest BCUT2D eigenvalue weighted by Crippen LogP contribution is 2.22. The van der Waals surface area contributed by atoms with Crippen LogP contribution < -0.4 is 9.64 Å². The molecule has 28 heavy (non-hydrogen) atoms. The van der Waals surface area contributed by atoms with Crippen LogP contribution in [0.2, 0.25) is 0 Å². The molecule has 1 aromatic rings. The quantitative estimate of drug-likeness (QED) is 0.704. The van der Waals surface area contributed by atoms with E-state index in [0.29, 0.717) is 13.0 Å². The van der Waals surface area contributed by atoms with Crippen LogP contribution in [0.15, 0.2) is 24.3 Å². The van der Waals surface area contributed by atoms with Crippen molar-refractivity contribution in [2.24, 2.45) is 0 Å². The van der Waals surface area contributed by atoms with Gasteiger partial charge in [0.1, 0.15) is 5.75 Å². The molecule has 0 aliphatic carbocycles. The van der Waals surface area contributed by atoms with Gasteiger partial charge in [-0.15, -0.1) is 0 Å². The van der Waals surface area contributed by atoms with Crippen molar-refractivity contribution in [2.75, 3.05) is 56.2 Å². The van der Waals surface area contributed by atoms with Crippen LogP contribution in [0.4, 0.5) is 5.69 Å². The third-order valence-corrected chi connectivity index (χ3v) is 7.59. The summed E-state index contributed by atoms with van der Waals surface area (Å²) in [7, 11) is -1.26. The fourth-order valence-corrected chi connectivity index (χ4v) is 5.77. The zero-order valence-electron chi connectivity index (χ0n) is 17.0. The topological polar surface area (TPSA) is 70.2 Å². The number of nitrogens with zero attached hydrogens (tertiary/aromatic N) is 3. The minimum Gasteiger partial charge on any atom is -0.494 e. The van der Waals surface area contributed by atoms with Gasteiger partial charge in [-0.1, -0.05) is 0 Å². The monoisotopic (exact) mass is 409 g/mol. The molecule has 8 heteroatoms. The number of carbonyl (C=O) groups is 1. The van der Waals surface area contributed by atoms with Gasteiger partial charge >= 0.3 is 0 Å². The van der Waals surface area contributed by atoms with Gasteiger partial charge in [0.25, 0.3) is 0 Å². The Labute approximate surface area is 168 Å². The van der Waals surface area contributed by atoms with E-state index in [0.717, 1.165) is 37.6 Å². The molecule has 0 spiro atoms. The maximum Gasteiger partial charge on any atom is 0.239 e. The zero-order chi connectivity index (χ0) is 20.3. The van der Waals surface area contributed by atoms with Crippen molar-refractivity contribution in [3.05, 3.63) is 24.3 Å². The summed E-state index contributed by atoms with van der Waals surface area (Å²) in [6, 6.07) is 7.69. The Morgan fingerprint density at radius 3 is 2.39 bits per heavy atom. The minimum absolute atomic E-state index is 0.0108. The van der Waals surface area contributed by atoms with Gasteiger partial charge in [0, 0.05) is 45.0 Å². The smallest absolute Gasteiger partial charge is 0.239 e. The summed E-state index contributed by atoms with van der Waals surface area (Å²) in [5, 5.41) is 0. The number of hydrogen-bond donors (Lipinski definition) is 0. The lowest BCUT2D eigenvalue weighted by Gasteiger charge is -2.40. The average Bonchev–Trinajstić information content (AvgIpc) is 3.07. The Morgan fingerprint density at radius 1 is 1.21 bits per heavy atom. The second kappa shape index (κ2) is 8.69. The number of ether oxygens (including phenoxy) is 1. The molecule has 0 bridgehead atoms. The second-order valence-electron chi connectivity index (χ2n) is 7.63. The summed E-state index contributed by atoms with van der Waals surface area (Å²) >= 11 is 0. The molecule has 2 aliphatic rings. The van der Waals surface area contributed by atoms with Crippen LogP contribution in [0.25, 0.3) is 0 Å². The van der Waals surface area contributed by atoms with Gasteiger partial charge in [0.15, 0.2) is 9.84 Å². The van der Waals surface area contributed by atoms with E-state index < -0.39 is 9.84 Å². The van der Waals surface area contributed by atoms with E-state index in [2.05, 4.69) is 21.9 Å². The number of sulfone groups is 1. The third kappa shape index (κ3) is 4.78. The molecule has 2 fully saturated rings. The maximum atomic E-state index is 12.9. The van der Waals surface area contributed by atoms with Crippen LogP contribution >= 0.6 is 0 Å². The van der Waals surface area contributed by atoms with Gasteiger partial charge < -0.3 is 14.5 Å². The van der Waals surface area contributed by atoms with Gasteiger partial charge in [-0.05, 0) is 44.5 Å². The molecule has 0 radical (unpaired) electrons. The number of benzene rings is 1. The van der Waals surface area contributed by atoms with Crippen molar-refractivity contribution in [2.45, 2.75) is 32.4 Å². The summed E-state index contributed by atoms with van der Waals surface area (Å²) in [5.41, 5.74) is 1.16. The van der Waals surface area contributed by atoms with Crippen LogP contribution in [0, 0.1) is 0 Å². The van der Waals surface area contributed by atoms with E-state index in [1.165, 1.54) is 0 Å². The van der Waals surface area contributed by atoms with Crippen LogP contribution in [0.5, 0.6) is 5.75 Å². The first-order chi connectivity index (χ1) is 13.3. The molecule has 0 N–H and O–H groups in total. The molecule has 156 valence electrons. The Morgan fingerprint density at radius 2 is 1.86 bits per heavy atom. The standard InChI is InChI=1S/C20H31N3O4S/c1-4-27-19-7-5-17(6-8-19)23-12-10-22(11-13-23)16(2)20(24)21(3)18-9-14-28(25,26)15-18/h5-8,16,18H,4,9-15H2,1-3H3/t16-,18-/m0/s1. The van der Waals surface area contributed by atoms with Gasteiger partial charge in [-0.25, -0.2) is 8.42 Å². The average molecular weight is 410 g/mol. The Kier molecular flexibility index (Phi) is 6.50. The predicted molar refractivity (Wildman–Crippen MR) is 111 cm³/mol. The van der Waals surface area contributed by atoms with E-state index in [1.807, 2.05) is 26.0 Å². The van der Waals surface area contributed by atoms with E-state index in [1.54, 1.807) is 11.9 Å². The lowest BCUT2D eigenvalue weighted by molar-refractivity contribution is -0.136. The fourth-order valence-electron chi connectivity index (χ4n) is 4.00. The first-order valence-electron chi connectivity index (χ1n) is 9.99. The number of hydrogen-bond acceptors (Lipinski definition) is 6. The molecule has 2 saturated heterocycles. The predicted octanol–water partition coefficient (Wildman–Crippen LogP) is 1.24. The Bertz CT molecular complexity index is 773. The molecule has 7 nitrogen and oxygen atoms in total. The summed E-state index contributed by atoms with van der Waals surface area (Å²) in [5.74, 6) is 1.16.